The summed E-state index contributed by atoms with van der Waals surface area (Å²) < 4.78 is 4.66. The first-order valence-corrected chi connectivity index (χ1v) is 6.69. The van der Waals surface area contributed by atoms with Crippen LogP contribution in [0.2, 0.25) is 0 Å². The summed E-state index contributed by atoms with van der Waals surface area (Å²) in [5, 5.41) is 8.03. The molecular weight excluding hydrogens is 278 g/mol. The zero-order valence-corrected chi connectivity index (χ0v) is 11.6. The Morgan fingerprint density at radius 1 is 1.35 bits per heavy atom. The Morgan fingerprint density at radius 3 is 2.85 bits per heavy atom. The number of amides is 1. The number of nitrogens with one attached hydrogen (secondary N) is 2. The molecule has 0 bridgehead atoms. The molecule has 0 unspecified atom stereocenters. The highest BCUT2D eigenvalue weighted by Crippen LogP contribution is 2.16. The Bertz CT molecular complexity index is 599. The summed E-state index contributed by atoms with van der Waals surface area (Å²) in [6.45, 7) is 0.0724. The highest BCUT2D eigenvalue weighted by atomic mass is 32.1. The van der Waals surface area contributed by atoms with Gasteiger partial charge in [0.2, 0.25) is 5.91 Å². The Morgan fingerprint density at radius 2 is 2.15 bits per heavy atom. The van der Waals surface area contributed by atoms with E-state index in [1.165, 1.54) is 18.4 Å². The first-order chi connectivity index (χ1) is 9.70. The van der Waals surface area contributed by atoms with Crippen molar-refractivity contribution < 1.29 is 14.3 Å². The van der Waals surface area contributed by atoms with E-state index >= 15 is 0 Å². The number of methoxy groups -OCH3 is 1. The molecule has 0 saturated heterocycles. The van der Waals surface area contributed by atoms with Gasteiger partial charge in [-0.25, -0.2) is 9.78 Å². The summed E-state index contributed by atoms with van der Waals surface area (Å²) in [5.74, 6) is -0.759. The highest BCUT2D eigenvalue weighted by molar-refractivity contribution is 7.13. The van der Waals surface area contributed by atoms with Gasteiger partial charge < -0.3 is 15.4 Å². The number of ether oxygens (including phenoxy) is 1. The molecule has 2 N–H and O–H groups in total. The zero-order valence-electron chi connectivity index (χ0n) is 10.8. The van der Waals surface area contributed by atoms with Crippen LogP contribution in [-0.4, -0.2) is 30.5 Å². The first-order valence-electron chi connectivity index (χ1n) is 5.81. The fourth-order valence-electron chi connectivity index (χ4n) is 1.54. The van der Waals surface area contributed by atoms with Gasteiger partial charge in [-0.3, -0.25) is 4.79 Å². The van der Waals surface area contributed by atoms with Crippen molar-refractivity contribution in [1.29, 1.82) is 0 Å². The van der Waals surface area contributed by atoms with E-state index in [0.717, 1.165) is 0 Å². The van der Waals surface area contributed by atoms with Crippen molar-refractivity contribution in [3.8, 4) is 0 Å². The minimum absolute atomic E-state index is 0.0724. The molecule has 1 aromatic carbocycles. The average Bonchev–Trinajstić information content (AvgIpc) is 2.98. The van der Waals surface area contributed by atoms with Crippen molar-refractivity contribution in [3.05, 3.63) is 41.4 Å². The smallest absolute Gasteiger partial charge is 0.339 e. The molecule has 0 aliphatic carbocycles. The molecule has 7 heteroatoms. The molecule has 0 radical (unpaired) electrons. The van der Waals surface area contributed by atoms with Crippen LogP contribution in [0.1, 0.15) is 10.4 Å². The summed E-state index contributed by atoms with van der Waals surface area (Å²) >= 11 is 1.41. The van der Waals surface area contributed by atoms with Crippen LogP contribution < -0.4 is 10.6 Å². The van der Waals surface area contributed by atoms with Crippen molar-refractivity contribution in [2.24, 2.45) is 0 Å². The van der Waals surface area contributed by atoms with Crippen molar-refractivity contribution in [2.45, 2.75) is 0 Å². The average molecular weight is 291 g/mol. The third-order valence-electron chi connectivity index (χ3n) is 2.44. The molecule has 1 amide bonds. The van der Waals surface area contributed by atoms with E-state index in [1.54, 1.807) is 30.5 Å². The Hall–Kier alpha value is -2.41. The molecule has 2 rings (SSSR count). The zero-order chi connectivity index (χ0) is 14.4. The minimum atomic E-state index is -0.492. The summed E-state index contributed by atoms with van der Waals surface area (Å²) in [6.07, 6.45) is 1.65. The molecule has 1 aromatic heterocycles. The molecule has 0 aliphatic rings. The number of anilines is 2. The van der Waals surface area contributed by atoms with Crippen molar-refractivity contribution in [3.63, 3.8) is 0 Å². The van der Waals surface area contributed by atoms with Crippen molar-refractivity contribution >= 4 is 34.0 Å². The standard InChI is InChI=1S/C13H13N3O3S/c1-19-12(18)9-4-2-3-5-10(9)16-11(17)8-15-13-14-6-7-20-13/h2-7H,8H2,1H3,(H,14,15)(H,16,17). The number of aromatic nitrogens is 1. The molecule has 0 saturated carbocycles. The van der Waals surface area contributed by atoms with Crippen molar-refractivity contribution in [2.75, 3.05) is 24.3 Å². The van der Waals surface area contributed by atoms with Gasteiger partial charge >= 0.3 is 5.97 Å². The monoisotopic (exact) mass is 291 g/mol. The van der Waals surface area contributed by atoms with Crippen LogP contribution in [0.25, 0.3) is 0 Å². The van der Waals surface area contributed by atoms with Gasteiger partial charge in [-0.05, 0) is 12.1 Å². The van der Waals surface area contributed by atoms with E-state index in [2.05, 4.69) is 20.4 Å². The number of hydrogen-bond acceptors (Lipinski definition) is 6. The van der Waals surface area contributed by atoms with E-state index in [4.69, 9.17) is 0 Å². The number of rotatable bonds is 5. The fourth-order valence-corrected chi connectivity index (χ4v) is 2.07. The van der Waals surface area contributed by atoms with Gasteiger partial charge in [-0.15, -0.1) is 11.3 Å². The predicted molar refractivity (Wildman–Crippen MR) is 77.0 cm³/mol. The molecule has 0 spiro atoms. The topological polar surface area (TPSA) is 80.3 Å². The Balaban J connectivity index is 1.99. The second-order valence-electron chi connectivity index (χ2n) is 3.78. The third kappa shape index (κ3) is 3.55. The van der Waals surface area contributed by atoms with Gasteiger partial charge in [0, 0.05) is 11.6 Å². The van der Waals surface area contributed by atoms with Gasteiger partial charge in [0.1, 0.15) is 0 Å². The molecular formula is C13H13N3O3S. The minimum Gasteiger partial charge on any atom is -0.465 e. The van der Waals surface area contributed by atoms with Crippen LogP contribution in [0.3, 0.4) is 0 Å². The Kier molecular flexibility index (Phi) is 4.67. The summed E-state index contributed by atoms with van der Waals surface area (Å²) in [4.78, 5) is 27.4. The van der Waals surface area contributed by atoms with E-state index < -0.39 is 5.97 Å². The summed E-state index contributed by atoms with van der Waals surface area (Å²) in [6, 6.07) is 6.68. The molecule has 0 aliphatic heterocycles. The second-order valence-corrected chi connectivity index (χ2v) is 4.67. The molecule has 104 valence electrons. The van der Waals surface area contributed by atoms with Crippen LogP contribution in [0.15, 0.2) is 35.8 Å². The number of carbonyl (C=O) groups excluding carboxylic acids is 2. The van der Waals surface area contributed by atoms with E-state index in [9.17, 15) is 9.59 Å². The maximum atomic E-state index is 11.8. The number of hydrogen-bond donors (Lipinski definition) is 2. The van der Waals surface area contributed by atoms with Crippen LogP contribution in [0, 0.1) is 0 Å². The number of para-hydroxylation sites is 1. The molecule has 20 heavy (non-hydrogen) atoms. The molecule has 2 aromatic rings. The molecule has 0 fully saturated rings. The second kappa shape index (κ2) is 6.67. The summed E-state index contributed by atoms with van der Waals surface area (Å²) in [7, 11) is 1.30. The lowest BCUT2D eigenvalue weighted by Gasteiger charge is -2.09. The van der Waals surface area contributed by atoms with Crippen LogP contribution in [-0.2, 0) is 9.53 Å². The van der Waals surface area contributed by atoms with Gasteiger partial charge in [0.15, 0.2) is 5.13 Å². The summed E-state index contributed by atoms with van der Waals surface area (Å²) in [5.41, 5.74) is 0.739. The lowest BCUT2D eigenvalue weighted by atomic mass is 10.2. The van der Waals surface area contributed by atoms with Crippen LogP contribution >= 0.6 is 11.3 Å². The maximum absolute atomic E-state index is 11.8. The van der Waals surface area contributed by atoms with Gasteiger partial charge in [0.05, 0.1) is 24.9 Å². The first kappa shape index (κ1) is 14.0. The van der Waals surface area contributed by atoms with Gasteiger partial charge in [0.25, 0.3) is 0 Å². The van der Waals surface area contributed by atoms with E-state index in [1.807, 2.05) is 5.38 Å². The van der Waals surface area contributed by atoms with Crippen LogP contribution in [0.5, 0.6) is 0 Å². The van der Waals surface area contributed by atoms with Crippen molar-refractivity contribution in [1.82, 2.24) is 4.98 Å². The Labute approximate surface area is 119 Å². The lowest BCUT2D eigenvalue weighted by molar-refractivity contribution is -0.114. The molecule has 1 heterocycles. The van der Waals surface area contributed by atoms with Gasteiger partial charge in [-0.2, -0.15) is 0 Å². The molecule has 6 nitrogen and oxygen atoms in total. The third-order valence-corrected chi connectivity index (χ3v) is 3.17. The largest absolute Gasteiger partial charge is 0.465 e. The maximum Gasteiger partial charge on any atom is 0.339 e. The van der Waals surface area contributed by atoms with E-state index in [-0.39, 0.29) is 12.5 Å². The fraction of sp³-hybridized carbons (Fsp3) is 0.154. The number of nitrogens with zero attached hydrogens (tertiary/aromatic N) is 1. The van der Waals surface area contributed by atoms with Crippen LogP contribution in [0.4, 0.5) is 10.8 Å². The lowest BCUT2D eigenvalue weighted by Crippen LogP contribution is -2.23. The normalized spacial score (nSPS) is 9.85. The van der Waals surface area contributed by atoms with E-state index in [0.29, 0.717) is 16.4 Å². The number of benzene rings is 1. The van der Waals surface area contributed by atoms with Gasteiger partial charge in [-0.1, -0.05) is 12.1 Å². The number of carbonyl (C=O) groups is 2. The number of esters is 1. The quantitative estimate of drug-likeness (QED) is 0.823. The highest BCUT2D eigenvalue weighted by Gasteiger charge is 2.13. The SMILES string of the molecule is COC(=O)c1ccccc1NC(=O)CNc1nccs1. The predicted octanol–water partition coefficient (Wildman–Crippen LogP) is 1.98. The molecule has 0 atom stereocenters. The number of thiazole rings is 1.